The molecule has 0 aliphatic carbocycles. The molecule has 0 aromatic heterocycles. The van der Waals surface area contributed by atoms with Gasteiger partial charge in [-0.2, -0.15) is 0 Å². The van der Waals surface area contributed by atoms with Crippen LogP contribution in [0, 0.1) is 6.92 Å². The highest BCUT2D eigenvalue weighted by Gasteiger charge is 2.24. The Balaban J connectivity index is 2.14. The van der Waals surface area contributed by atoms with E-state index in [1.165, 1.54) is 0 Å². The van der Waals surface area contributed by atoms with Gasteiger partial charge in [0, 0.05) is 12.6 Å². The fourth-order valence-corrected chi connectivity index (χ4v) is 4.00. The molecule has 1 aromatic carbocycles. The number of rotatable bonds is 5. The van der Waals surface area contributed by atoms with E-state index in [1.54, 1.807) is 25.1 Å². The number of likely N-dealkylation sites (tertiary alicyclic amines) is 1. The van der Waals surface area contributed by atoms with Gasteiger partial charge < -0.3 is 10.0 Å². The van der Waals surface area contributed by atoms with Crippen molar-refractivity contribution in [3.63, 3.8) is 0 Å². The minimum atomic E-state index is -3.52. The van der Waals surface area contributed by atoms with Gasteiger partial charge in [-0.3, -0.25) is 0 Å². The number of hydrogen-bond donors (Lipinski definition) is 2. The minimum Gasteiger partial charge on any atom is -0.392 e. The van der Waals surface area contributed by atoms with Gasteiger partial charge in [0.2, 0.25) is 10.0 Å². The van der Waals surface area contributed by atoms with Crippen molar-refractivity contribution < 1.29 is 13.5 Å². The zero-order chi connectivity index (χ0) is 14.8. The van der Waals surface area contributed by atoms with Gasteiger partial charge in [0.1, 0.15) is 0 Å². The van der Waals surface area contributed by atoms with E-state index in [2.05, 4.69) is 9.62 Å². The highest BCUT2D eigenvalue weighted by atomic mass is 32.2. The number of likely N-dealkylation sites (N-methyl/N-ethyl adjacent to an activating group) is 1. The van der Waals surface area contributed by atoms with Gasteiger partial charge in [-0.25, -0.2) is 13.1 Å². The molecule has 1 aromatic rings. The van der Waals surface area contributed by atoms with Crippen LogP contribution in [0.1, 0.15) is 24.0 Å². The Morgan fingerprint density at radius 2 is 2.20 bits per heavy atom. The van der Waals surface area contributed by atoms with Crippen LogP contribution in [0.2, 0.25) is 0 Å². The van der Waals surface area contributed by atoms with Gasteiger partial charge in [0.15, 0.2) is 0 Å². The molecule has 2 rings (SSSR count). The molecule has 6 heteroatoms. The predicted octanol–water partition coefficient (Wildman–Crippen LogP) is 0.860. The summed E-state index contributed by atoms with van der Waals surface area (Å²) in [6.45, 7) is 3.02. The maximum atomic E-state index is 12.4. The van der Waals surface area contributed by atoms with Crippen LogP contribution in [-0.2, 0) is 16.6 Å². The molecule has 0 radical (unpaired) electrons. The summed E-state index contributed by atoms with van der Waals surface area (Å²) in [5.41, 5.74) is 1.26. The largest absolute Gasteiger partial charge is 0.392 e. The van der Waals surface area contributed by atoms with E-state index in [9.17, 15) is 13.5 Å². The summed E-state index contributed by atoms with van der Waals surface area (Å²) in [6.07, 6.45) is 2.14. The summed E-state index contributed by atoms with van der Waals surface area (Å²) >= 11 is 0. The van der Waals surface area contributed by atoms with Crippen molar-refractivity contribution in [3.8, 4) is 0 Å². The third kappa shape index (κ3) is 3.20. The monoisotopic (exact) mass is 298 g/mol. The zero-order valence-electron chi connectivity index (χ0n) is 12.0. The average Bonchev–Trinajstić information content (AvgIpc) is 2.82. The fraction of sp³-hybridized carbons (Fsp3) is 0.571. The predicted molar refractivity (Wildman–Crippen MR) is 77.9 cm³/mol. The first kappa shape index (κ1) is 15.4. The Morgan fingerprint density at radius 3 is 2.80 bits per heavy atom. The number of nitrogens with one attached hydrogen (secondary N) is 1. The molecule has 2 N–H and O–H groups in total. The van der Waals surface area contributed by atoms with Crippen molar-refractivity contribution in [3.05, 3.63) is 29.3 Å². The van der Waals surface area contributed by atoms with E-state index >= 15 is 0 Å². The van der Waals surface area contributed by atoms with Crippen LogP contribution in [0.5, 0.6) is 0 Å². The fourth-order valence-electron chi connectivity index (χ4n) is 2.64. The van der Waals surface area contributed by atoms with Gasteiger partial charge in [-0.05, 0) is 50.6 Å². The molecular weight excluding hydrogens is 276 g/mol. The van der Waals surface area contributed by atoms with Crippen LogP contribution >= 0.6 is 0 Å². The van der Waals surface area contributed by atoms with Crippen LogP contribution < -0.4 is 4.72 Å². The first-order valence-corrected chi connectivity index (χ1v) is 8.33. The van der Waals surface area contributed by atoms with Crippen molar-refractivity contribution in [1.82, 2.24) is 9.62 Å². The first-order valence-electron chi connectivity index (χ1n) is 6.85. The maximum Gasteiger partial charge on any atom is 0.240 e. The molecule has 1 unspecified atom stereocenters. The minimum absolute atomic E-state index is 0.152. The maximum absolute atomic E-state index is 12.4. The van der Waals surface area contributed by atoms with Crippen molar-refractivity contribution in [2.24, 2.45) is 0 Å². The van der Waals surface area contributed by atoms with Crippen LogP contribution in [0.25, 0.3) is 0 Å². The Hall–Kier alpha value is -0.950. The van der Waals surface area contributed by atoms with E-state index in [0.29, 0.717) is 17.7 Å². The molecule has 0 amide bonds. The van der Waals surface area contributed by atoms with Gasteiger partial charge in [-0.1, -0.05) is 12.1 Å². The summed E-state index contributed by atoms with van der Waals surface area (Å²) in [5, 5.41) is 9.22. The molecule has 1 aliphatic rings. The number of aliphatic hydroxyl groups excluding tert-OH is 1. The normalized spacial score (nSPS) is 20.4. The van der Waals surface area contributed by atoms with E-state index in [4.69, 9.17) is 0 Å². The van der Waals surface area contributed by atoms with Crippen LogP contribution in [-0.4, -0.2) is 44.6 Å². The van der Waals surface area contributed by atoms with Crippen LogP contribution in [0.4, 0.5) is 0 Å². The molecule has 112 valence electrons. The molecule has 5 nitrogen and oxygen atoms in total. The SMILES string of the molecule is Cc1c(CO)cccc1S(=O)(=O)NCC1CCCN1C. The molecule has 0 bridgehead atoms. The zero-order valence-corrected chi connectivity index (χ0v) is 12.8. The molecule has 1 fully saturated rings. The van der Waals surface area contributed by atoms with Crippen LogP contribution in [0.3, 0.4) is 0 Å². The highest BCUT2D eigenvalue weighted by Crippen LogP contribution is 2.20. The average molecular weight is 298 g/mol. The Labute approximate surface area is 120 Å². The van der Waals surface area contributed by atoms with Crippen molar-refractivity contribution in [2.45, 2.75) is 37.3 Å². The van der Waals surface area contributed by atoms with Gasteiger partial charge in [0.25, 0.3) is 0 Å². The van der Waals surface area contributed by atoms with E-state index in [-0.39, 0.29) is 17.5 Å². The van der Waals surface area contributed by atoms with Crippen molar-refractivity contribution in [1.29, 1.82) is 0 Å². The standard InChI is InChI=1S/C14H22N2O3S/c1-11-12(10-17)5-3-7-14(11)20(18,19)15-9-13-6-4-8-16(13)2/h3,5,7,13,15,17H,4,6,8-10H2,1-2H3. The van der Waals surface area contributed by atoms with E-state index in [1.807, 2.05) is 7.05 Å². The summed E-state index contributed by atoms with van der Waals surface area (Å²) in [5.74, 6) is 0. The number of nitrogens with zero attached hydrogens (tertiary/aromatic N) is 1. The highest BCUT2D eigenvalue weighted by molar-refractivity contribution is 7.89. The summed E-state index contributed by atoms with van der Waals surface area (Å²) in [4.78, 5) is 2.43. The van der Waals surface area contributed by atoms with E-state index in [0.717, 1.165) is 19.4 Å². The van der Waals surface area contributed by atoms with E-state index < -0.39 is 10.0 Å². The quantitative estimate of drug-likeness (QED) is 0.846. The number of benzene rings is 1. The Kier molecular flexibility index (Phi) is 4.80. The summed E-state index contributed by atoms with van der Waals surface area (Å²) < 4.78 is 27.4. The third-order valence-electron chi connectivity index (χ3n) is 4.04. The lowest BCUT2D eigenvalue weighted by molar-refractivity contribution is 0.280. The number of sulfonamides is 1. The van der Waals surface area contributed by atoms with Gasteiger partial charge in [-0.15, -0.1) is 0 Å². The molecule has 0 saturated carbocycles. The van der Waals surface area contributed by atoms with Crippen molar-refractivity contribution >= 4 is 10.0 Å². The van der Waals surface area contributed by atoms with Crippen molar-refractivity contribution in [2.75, 3.05) is 20.1 Å². The van der Waals surface area contributed by atoms with Gasteiger partial charge >= 0.3 is 0 Å². The lowest BCUT2D eigenvalue weighted by Gasteiger charge is -2.20. The molecule has 0 spiro atoms. The summed E-state index contributed by atoms with van der Waals surface area (Å²) in [7, 11) is -1.50. The first-order chi connectivity index (χ1) is 9.45. The number of hydrogen-bond acceptors (Lipinski definition) is 4. The smallest absolute Gasteiger partial charge is 0.240 e. The topological polar surface area (TPSA) is 69.6 Å². The second-order valence-corrected chi connectivity index (χ2v) is 7.06. The Morgan fingerprint density at radius 1 is 1.45 bits per heavy atom. The number of aliphatic hydroxyl groups is 1. The van der Waals surface area contributed by atoms with Gasteiger partial charge in [0.05, 0.1) is 11.5 Å². The Bertz CT molecular complexity index is 572. The second kappa shape index (κ2) is 6.22. The molecule has 20 heavy (non-hydrogen) atoms. The molecular formula is C14H22N2O3S. The van der Waals surface area contributed by atoms with Crippen LogP contribution in [0.15, 0.2) is 23.1 Å². The molecule has 1 heterocycles. The second-order valence-electron chi connectivity index (χ2n) is 5.33. The molecule has 1 saturated heterocycles. The lowest BCUT2D eigenvalue weighted by atomic mass is 10.1. The summed E-state index contributed by atoms with van der Waals surface area (Å²) in [6, 6.07) is 5.24. The lowest BCUT2D eigenvalue weighted by Crippen LogP contribution is -2.38. The molecule has 1 aliphatic heterocycles. The third-order valence-corrected chi connectivity index (χ3v) is 5.60. The molecule has 1 atom stereocenters.